The minimum Gasteiger partial charge on any atom is -0.370 e. The topological polar surface area (TPSA) is 66.7 Å². The predicted octanol–water partition coefficient (Wildman–Crippen LogP) is 2.82. The Morgan fingerprint density at radius 1 is 1.42 bits per heavy atom. The lowest BCUT2D eigenvalue weighted by atomic mass is 10.2. The molecule has 0 aliphatic carbocycles. The Morgan fingerprint density at radius 2 is 2.19 bits per heavy atom. The molecule has 1 amide bonds. The van der Waals surface area contributed by atoms with E-state index in [-0.39, 0.29) is 11.5 Å². The van der Waals surface area contributed by atoms with Crippen LogP contribution in [0.1, 0.15) is 18.1 Å². The lowest BCUT2D eigenvalue weighted by Gasteiger charge is -2.11. The van der Waals surface area contributed by atoms with E-state index in [0.717, 1.165) is 5.56 Å². The molecule has 6 nitrogen and oxygen atoms in total. The summed E-state index contributed by atoms with van der Waals surface area (Å²) in [6.45, 7) is 8.41. The molecule has 3 rings (SSSR count). The number of thioether (sulfide) groups is 1. The Bertz CT molecular complexity index is 1010. The van der Waals surface area contributed by atoms with Crippen molar-refractivity contribution in [2.45, 2.75) is 13.8 Å². The second kappa shape index (κ2) is 7.43. The van der Waals surface area contributed by atoms with Crippen LogP contribution in [0, 0.1) is 6.92 Å². The normalized spacial score (nSPS) is 15.9. The van der Waals surface area contributed by atoms with Crippen molar-refractivity contribution in [3.8, 4) is 0 Å². The average molecular weight is 387 g/mol. The lowest BCUT2D eigenvalue weighted by molar-refractivity contribution is -0.121. The van der Waals surface area contributed by atoms with Crippen molar-refractivity contribution in [2.75, 3.05) is 18.4 Å². The highest BCUT2D eigenvalue weighted by molar-refractivity contribution is 8.26. The van der Waals surface area contributed by atoms with E-state index >= 15 is 0 Å². The van der Waals surface area contributed by atoms with E-state index in [4.69, 9.17) is 12.2 Å². The maximum Gasteiger partial charge on any atom is 0.267 e. The van der Waals surface area contributed by atoms with Crippen LogP contribution in [-0.4, -0.2) is 37.6 Å². The molecule has 3 heterocycles. The standard InChI is InChI=1S/C18H18N4O2S2/c1-4-8-22-17(24)13(26-18(22)25)10-12-14(19-5-2)20-15-11(3)7-6-9-21(15)16(12)23/h4,6-7,9-10,19H,1,5,8H2,2-3H3/b13-10+. The fourth-order valence-corrected chi connectivity index (χ4v) is 3.92. The van der Waals surface area contributed by atoms with Crippen LogP contribution < -0.4 is 10.9 Å². The SMILES string of the molecule is C=CCN1C(=O)/C(=C\c2c(NCC)nc3c(C)cccn3c2=O)SC1=S. The van der Waals surface area contributed by atoms with Crippen molar-refractivity contribution in [3.05, 3.63) is 57.4 Å². The van der Waals surface area contributed by atoms with Crippen LogP contribution in [-0.2, 0) is 4.79 Å². The van der Waals surface area contributed by atoms with Crippen LogP contribution in [0.4, 0.5) is 5.82 Å². The number of pyridine rings is 1. The van der Waals surface area contributed by atoms with Crippen LogP contribution in [0.3, 0.4) is 0 Å². The molecule has 0 bridgehead atoms. The first-order valence-corrected chi connectivity index (χ1v) is 9.32. The zero-order chi connectivity index (χ0) is 18.8. The lowest BCUT2D eigenvalue weighted by Crippen LogP contribution is -2.28. The van der Waals surface area contributed by atoms with Crippen LogP contribution in [0.25, 0.3) is 11.7 Å². The average Bonchev–Trinajstić information content (AvgIpc) is 2.87. The van der Waals surface area contributed by atoms with Crippen LogP contribution in [0.2, 0.25) is 0 Å². The monoisotopic (exact) mass is 386 g/mol. The molecule has 1 fully saturated rings. The van der Waals surface area contributed by atoms with Gasteiger partial charge in [0.2, 0.25) is 0 Å². The van der Waals surface area contributed by atoms with Gasteiger partial charge in [0.15, 0.2) is 0 Å². The summed E-state index contributed by atoms with van der Waals surface area (Å²) in [5.41, 5.74) is 1.59. The highest BCUT2D eigenvalue weighted by Gasteiger charge is 2.31. The minimum absolute atomic E-state index is 0.226. The van der Waals surface area contributed by atoms with Crippen molar-refractivity contribution in [2.24, 2.45) is 0 Å². The number of hydrogen-bond acceptors (Lipinski definition) is 6. The van der Waals surface area contributed by atoms with Gasteiger partial charge in [-0.15, -0.1) is 6.58 Å². The molecule has 26 heavy (non-hydrogen) atoms. The number of hydrogen-bond donors (Lipinski definition) is 1. The molecule has 8 heteroatoms. The number of rotatable bonds is 5. The van der Waals surface area contributed by atoms with E-state index in [9.17, 15) is 9.59 Å². The highest BCUT2D eigenvalue weighted by Crippen LogP contribution is 2.32. The second-order valence-electron chi connectivity index (χ2n) is 5.68. The molecule has 1 aliphatic rings. The first kappa shape index (κ1) is 18.3. The third-order valence-corrected chi connectivity index (χ3v) is 5.27. The molecular formula is C18H18N4O2S2. The maximum absolute atomic E-state index is 13.0. The second-order valence-corrected chi connectivity index (χ2v) is 7.35. The summed E-state index contributed by atoms with van der Waals surface area (Å²) in [6, 6.07) is 3.70. The number of amides is 1. The van der Waals surface area contributed by atoms with Gasteiger partial charge < -0.3 is 5.32 Å². The molecule has 0 radical (unpaired) electrons. The summed E-state index contributed by atoms with van der Waals surface area (Å²) in [5.74, 6) is 0.233. The number of carbonyl (C=O) groups excluding carboxylic acids is 1. The molecule has 1 saturated heterocycles. The smallest absolute Gasteiger partial charge is 0.267 e. The number of carbonyl (C=O) groups is 1. The zero-order valence-corrected chi connectivity index (χ0v) is 16.1. The summed E-state index contributed by atoms with van der Waals surface area (Å²) < 4.78 is 1.95. The number of nitrogens with zero attached hydrogens (tertiary/aromatic N) is 3. The van der Waals surface area contributed by atoms with Crippen LogP contribution >= 0.6 is 24.0 Å². The quantitative estimate of drug-likeness (QED) is 0.484. The van der Waals surface area contributed by atoms with Crippen molar-refractivity contribution >= 4 is 51.7 Å². The van der Waals surface area contributed by atoms with Crippen LogP contribution in [0.5, 0.6) is 0 Å². The number of aryl methyl sites for hydroxylation is 1. The number of thiocarbonyl (C=S) groups is 1. The van der Waals surface area contributed by atoms with Crippen LogP contribution in [0.15, 0.2) is 40.7 Å². The van der Waals surface area contributed by atoms with Gasteiger partial charge in [0.1, 0.15) is 15.8 Å². The fraction of sp³-hybridized carbons (Fsp3) is 0.222. The van der Waals surface area contributed by atoms with Gasteiger partial charge in [0, 0.05) is 19.3 Å². The number of nitrogens with one attached hydrogen (secondary N) is 1. The molecule has 134 valence electrons. The molecule has 1 aliphatic heterocycles. The first-order chi connectivity index (χ1) is 12.5. The van der Waals surface area contributed by atoms with E-state index in [1.165, 1.54) is 21.1 Å². The van der Waals surface area contributed by atoms with E-state index in [1.807, 2.05) is 19.9 Å². The van der Waals surface area contributed by atoms with Gasteiger partial charge in [0.05, 0.1) is 10.5 Å². The van der Waals surface area contributed by atoms with Crippen molar-refractivity contribution in [1.29, 1.82) is 0 Å². The number of aromatic nitrogens is 2. The summed E-state index contributed by atoms with van der Waals surface area (Å²) in [4.78, 5) is 32.0. The fourth-order valence-electron chi connectivity index (χ4n) is 2.66. The van der Waals surface area contributed by atoms with Crippen molar-refractivity contribution < 1.29 is 4.79 Å². The molecule has 0 saturated carbocycles. The maximum atomic E-state index is 13.0. The van der Waals surface area contributed by atoms with E-state index in [1.54, 1.807) is 24.4 Å². The third-order valence-electron chi connectivity index (χ3n) is 3.89. The molecular weight excluding hydrogens is 368 g/mol. The summed E-state index contributed by atoms with van der Waals surface area (Å²) >= 11 is 6.43. The van der Waals surface area contributed by atoms with Gasteiger partial charge in [-0.25, -0.2) is 4.98 Å². The Hall–Kier alpha value is -2.45. The van der Waals surface area contributed by atoms with Crippen molar-refractivity contribution in [3.63, 3.8) is 0 Å². The van der Waals surface area contributed by atoms with E-state index < -0.39 is 0 Å². The Morgan fingerprint density at radius 3 is 2.88 bits per heavy atom. The third kappa shape index (κ3) is 3.17. The van der Waals surface area contributed by atoms with Gasteiger partial charge in [0.25, 0.3) is 11.5 Å². The Labute approximate surface area is 160 Å². The van der Waals surface area contributed by atoms with Gasteiger partial charge in [-0.3, -0.25) is 18.9 Å². The van der Waals surface area contributed by atoms with Crippen molar-refractivity contribution in [1.82, 2.24) is 14.3 Å². The van der Waals surface area contributed by atoms with Gasteiger partial charge in [-0.2, -0.15) is 0 Å². The number of anilines is 1. The minimum atomic E-state index is -0.233. The number of fused-ring (bicyclic) bond motifs is 1. The Balaban J connectivity index is 2.18. The van der Waals surface area contributed by atoms with Gasteiger partial charge >= 0.3 is 0 Å². The molecule has 2 aromatic rings. The summed E-state index contributed by atoms with van der Waals surface area (Å²) in [7, 11) is 0. The molecule has 2 aromatic heterocycles. The van der Waals surface area contributed by atoms with Gasteiger partial charge in [-0.05, 0) is 31.6 Å². The predicted molar refractivity (Wildman–Crippen MR) is 110 cm³/mol. The van der Waals surface area contributed by atoms with Gasteiger partial charge in [-0.1, -0.05) is 36.1 Å². The summed E-state index contributed by atoms with van der Waals surface area (Å²) in [6.07, 6.45) is 4.87. The highest BCUT2D eigenvalue weighted by atomic mass is 32.2. The summed E-state index contributed by atoms with van der Waals surface area (Å²) in [5, 5.41) is 3.12. The molecule has 0 unspecified atom stereocenters. The zero-order valence-electron chi connectivity index (χ0n) is 14.5. The largest absolute Gasteiger partial charge is 0.370 e. The van der Waals surface area contributed by atoms with E-state index in [0.29, 0.717) is 39.3 Å². The molecule has 0 aromatic carbocycles. The first-order valence-electron chi connectivity index (χ1n) is 8.10. The molecule has 0 atom stereocenters. The molecule has 0 spiro atoms. The van der Waals surface area contributed by atoms with E-state index in [2.05, 4.69) is 16.9 Å². The Kier molecular flexibility index (Phi) is 5.24. The molecule has 1 N–H and O–H groups in total.